The molecule has 2 aliphatic rings. The number of hydrogen-bond donors (Lipinski definition) is 1. The molecule has 1 N–H and O–H groups in total. The molecule has 0 aromatic heterocycles. The summed E-state index contributed by atoms with van der Waals surface area (Å²) in [6.45, 7) is 5.73. The maximum atomic E-state index is 13.9. The number of hydrazine groups is 1. The quantitative estimate of drug-likeness (QED) is 0.517. The van der Waals surface area contributed by atoms with E-state index in [-0.39, 0.29) is 24.4 Å². The van der Waals surface area contributed by atoms with Crippen LogP contribution in [-0.4, -0.2) is 76.6 Å². The molecule has 3 atom stereocenters. The topological polar surface area (TPSA) is 76.2 Å². The van der Waals surface area contributed by atoms with Crippen LogP contribution in [-0.2, 0) is 22.6 Å². The predicted octanol–water partition coefficient (Wildman–Crippen LogP) is 3.88. The minimum atomic E-state index is -0.648. The fraction of sp³-hybridized carbons (Fsp3) is 0.500. The molecule has 2 fully saturated rings. The number of hydrogen-bond acceptors (Lipinski definition) is 4. The van der Waals surface area contributed by atoms with Crippen LogP contribution in [0.1, 0.15) is 50.7 Å². The van der Waals surface area contributed by atoms with Crippen molar-refractivity contribution in [1.29, 1.82) is 0 Å². The summed E-state index contributed by atoms with van der Waals surface area (Å²) in [5.74, 6) is 0.236. The number of rotatable bonds is 10. The lowest BCUT2D eigenvalue weighted by Gasteiger charge is -2.54. The molecule has 8 nitrogen and oxygen atoms in total. The van der Waals surface area contributed by atoms with Crippen molar-refractivity contribution >= 4 is 17.8 Å². The molecule has 0 bridgehead atoms. The molecule has 2 saturated heterocycles. The second kappa shape index (κ2) is 12.9. The van der Waals surface area contributed by atoms with Gasteiger partial charge >= 0.3 is 6.03 Å². The van der Waals surface area contributed by atoms with E-state index in [0.29, 0.717) is 32.0 Å². The van der Waals surface area contributed by atoms with Crippen molar-refractivity contribution < 1.29 is 14.4 Å². The van der Waals surface area contributed by atoms with Crippen molar-refractivity contribution in [3.05, 3.63) is 71.8 Å². The Morgan fingerprint density at radius 3 is 2.29 bits per heavy atom. The minimum Gasteiger partial charge on any atom is -0.337 e. The lowest BCUT2D eigenvalue weighted by Crippen LogP contribution is -2.76. The van der Waals surface area contributed by atoms with Gasteiger partial charge < -0.3 is 15.1 Å². The molecular formula is C30H41N5O3. The molecule has 2 aliphatic heterocycles. The van der Waals surface area contributed by atoms with Crippen LogP contribution in [0.3, 0.4) is 0 Å². The lowest BCUT2D eigenvalue weighted by atomic mass is 9.95. The largest absolute Gasteiger partial charge is 0.337 e. The van der Waals surface area contributed by atoms with Crippen LogP contribution in [0.25, 0.3) is 0 Å². The standard InChI is InChI=1S/C30H41N5O3/c1-4-6-13-23(5-2)20-33-21-27-34(26(29(33)37)18-24-14-9-7-10-15-24)28(36)22-32(3)35(27)30(38)31-19-25-16-11-8-12-17-25/h7-12,14-17,23,26-27H,4-6,13,18-22H2,1-3H3,(H,31,38)/t23?,26-,27-/m0/s1. The highest BCUT2D eigenvalue weighted by Gasteiger charge is 2.50. The number of piperazine rings is 1. The highest BCUT2D eigenvalue weighted by atomic mass is 16.2. The maximum Gasteiger partial charge on any atom is 0.334 e. The van der Waals surface area contributed by atoms with E-state index >= 15 is 0 Å². The van der Waals surface area contributed by atoms with Gasteiger partial charge in [-0.3, -0.25) is 9.59 Å². The molecule has 0 radical (unpaired) electrons. The van der Waals surface area contributed by atoms with Crippen LogP contribution in [0.2, 0.25) is 0 Å². The van der Waals surface area contributed by atoms with Crippen LogP contribution in [0, 0.1) is 5.92 Å². The molecule has 2 aromatic carbocycles. The molecule has 0 saturated carbocycles. The zero-order valence-electron chi connectivity index (χ0n) is 22.9. The molecule has 38 heavy (non-hydrogen) atoms. The monoisotopic (exact) mass is 519 g/mol. The van der Waals surface area contributed by atoms with Gasteiger partial charge in [0.2, 0.25) is 11.8 Å². The number of nitrogens with one attached hydrogen (secondary N) is 1. The van der Waals surface area contributed by atoms with E-state index in [9.17, 15) is 14.4 Å². The molecule has 2 heterocycles. The summed E-state index contributed by atoms with van der Waals surface area (Å²) in [5, 5.41) is 6.34. The highest BCUT2D eigenvalue weighted by Crippen LogP contribution is 2.29. The van der Waals surface area contributed by atoms with Crippen LogP contribution >= 0.6 is 0 Å². The van der Waals surface area contributed by atoms with Crippen molar-refractivity contribution in [2.75, 3.05) is 26.7 Å². The molecular weight excluding hydrogens is 478 g/mol. The summed E-state index contributed by atoms with van der Waals surface area (Å²) >= 11 is 0. The number of amides is 4. The van der Waals surface area contributed by atoms with Gasteiger partial charge in [0.15, 0.2) is 0 Å². The van der Waals surface area contributed by atoms with E-state index in [1.54, 1.807) is 22.0 Å². The van der Waals surface area contributed by atoms with Gasteiger partial charge in [-0.25, -0.2) is 14.8 Å². The average Bonchev–Trinajstić information content (AvgIpc) is 2.92. The molecule has 2 aromatic rings. The summed E-state index contributed by atoms with van der Waals surface area (Å²) in [6.07, 6.45) is 4.15. The van der Waals surface area contributed by atoms with Crippen LogP contribution in [0.15, 0.2) is 60.7 Å². The fourth-order valence-corrected chi connectivity index (χ4v) is 5.59. The third-order valence-corrected chi connectivity index (χ3v) is 7.73. The smallest absolute Gasteiger partial charge is 0.334 e. The first-order valence-electron chi connectivity index (χ1n) is 13.9. The Morgan fingerprint density at radius 2 is 1.66 bits per heavy atom. The van der Waals surface area contributed by atoms with Crippen molar-refractivity contribution in [1.82, 2.24) is 25.1 Å². The molecule has 204 valence electrons. The summed E-state index contributed by atoms with van der Waals surface area (Å²) in [7, 11) is 1.76. The number of carbonyl (C=O) groups is 3. The van der Waals surface area contributed by atoms with Crippen molar-refractivity contribution in [3.63, 3.8) is 0 Å². The number of likely N-dealkylation sites (N-methyl/N-ethyl adjacent to an activating group) is 1. The fourth-order valence-electron chi connectivity index (χ4n) is 5.59. The molecule has 4 rings (SSSR count). The second-order valence-corrected chi connectivity index (χ2v) is 10.5. The molecule has 0 aliphatic carbocycles. The van der Waals surface area contributed by atoms with Crippen molar-refractivity contribution in [2.24, 2.45) is 5.92 Å². The minimum absolute atomic E-state index is 0.0254. The lowest BCUT2D eigenvalue weighted by molar-refractivity contribution is -0.187. The van der Waals surface area contributed by atoms with E-state index in [1.165, 1.54) is 0 Å². The van der Waals surface area contributed by atoms with E-state index in [0.717, 1.165) is 36.8 Å². The second-order valence-electron chi connectivity index (χ2n) is 10.5. The third-order valence-electron chi connectivity index (χ3n) is 7.73. The maximum absolute atomic E-state index is 13.9. The molecule has 4 amide bonds. The van der Waals surface area contributed by atoms with Crippen molar-refractivity contribution in [3.8, 4) is 0 Å². The molecule has 8 heteroatoms. The van der Waals surface area contributed by atoms with Gasteiger partial charge in [0.1, 0.15) is 12.2 Å². The van der Waals surface area contributed by atoms with Crippen molar-refractivity contribution in [2.45, 2.75) is 64.7 Å². The average molecular weight is 520 g/mol. The Bertz CT molecular complexity index is 1080. The van der Waals surface area contributed by atoms with Gasteiger partial charge in [0, 0.05) is 26.6 Å². The summed E-state index contributed by atoms with van der Waals surface area (Å²) < 4.78 is 0. The summed E-state index contributed by atoms with van der Waals surface area (Å²) in [6, 6.07) is 18.7. The SMILES string of the molecule is CCCCC(CC)CN1C[C@H]2N(C(=O)CN(C)N2C(=O)NCc2ccccc2)[C@@H](Cc2ccccc2)C1=O. The molecule has 0 spiro atoms. The van der Waals surface area contributed by atoms with Gasteiger partial charge in [0.25, 0.3) is 0 Å². The number of carbonyl (C=O) groups excluding carboxylic acids is 3. The zero-order valence-corrected chi connectivity index (χ0v) is 22.9. The Hall–Kier alpha value is -3.39. The van der Waals surface area contributed by atoms with E-state index < -0.39 is 12.2 Å². The Labute approximate surface area is 226 Å². The number of urea groups is 1. The Morgan fingerprint density at radius 1 is 1.00 bits per heavy atom. The highest BCUT2D eigenvalue weighted by molar-refractivity contribution is 5.91. The van der Waals surface area contributed by atoms with Gasteiger partial charge in [-0.2, -0.15) is 0 Å². The van der Waals surface area contributed by atoms with E-state index in [2.05, 4.69) is 19.2 Å². The van der Waals surface area contributed by atoms with E-state index in [4.69, 9.17) is 0 Å². The Kier molecular flexibility index (Phi) is 9.39. The number of unbranched alkanes of at least 4 members (excludes halogenated alkanes) is 1. The van der Waals surface area contributed by atoms with Gasteiger partial charge in [0.05, 0.1) is 13.1 Å². The number of benzene rings is 2. The van der Waals surface area contributed by atoms with Crippen LogP contribution < -0.4 is 5.32 Å². The van der Waals surface area contributed by atoms with Gasteiger partial charge in [-0.15, -0.1) is 0 Å². The predicted molar refractivity (Wildman–Crippen MR) is 148 cm³/mol. The first-order valence-corrected chi connectivity index (χ1v) is 13.9. The first kappa shape index (κ1) is 27.6. The zero-order chi connectivity index (χ0) is 27.1. The number of fused-ring (bicyclic) bond motifs is 1. The molecule has 1 unspecified atom stereocenters. The van der Waals surface area contributed by atoms with E-state index in [1.807, 2.05) is 65.6 Å². The Balaban J connectivity index is 1.62. The summed E-state index contributed by atoms with van der Waals surface area (Å²) in [5.41, 5.74) is 1.99. The summed E-state index contributed by atoms with van der Waals surface area (Å²) in [4.78, 5) is 44.5. The first-order chi connectivity index (χ1) is 18.4. The van der Waals surface area contributed by atoms with Gasteiger partial charge in [-0.1, -0.05) is 93.8 Å². The third kappa shape index (κ3) is 6.35. The number of nitrogens with zero attached hydrogens (tertiary/aromatic N) is 4. The van der Waals surface area contributed by atoms with Gasteiger partial charge in [-0.05, 0) is 23.5 Å². The van der Waals surface area contributed by atoms with Crippen LogP contribution in [0.4, 0.5) is 4.79 Å². The normalized spacial score (nSPS) is 20.9. The van der Waals surface area contributed by atoms with Crippen LogP contribution in [0.5, 0.6) is 0 Å².